The van der Waals surface area contributed by atoms with Gasteiger partial charge in [-0.2, -0.15) is 4.98 Å². The van der Waals surface area contributed by atoms with Crippen molar-refractivity contribution >= 4 is 5.91 Å². The third-order valence-corrected chi connectivity index (χ3v) is 5.68. The normalized spacial score (nSPS) is 31.5. The maximum absolute atomic E-state index is 12.6. The van der Waals surface area contributed by atoms with Crippen molar-refractivity contribution in [2.24, 2.45) is 11.7 Å². The van der Waals surface area contributed by atoms with E-state index >= 15 is 0 Å². The fourth-order valence-corrected chi connectivity index (χ4v) is 4.00. The average molecular weight is 318 g/mol. The molecule has 23 heavy (non-hydrogen) atoms. The predicted octanol–water partition coefficient (Wildman–Crippen LogP) is 2.17. The number of carbonyl (C=O) groups excluding carboxylic acids is 1. The Hall–Kier alpha value is -1.43. The van der Waals surface area contributed by atoms with E-state index in [1.54, 1.807) is 0 Å². The molecule has 1 aromatic rings. The van der Waals surface area contributed by atoms with Crippen LogP contribution in [0.4, 0.5) is 0 Å². The second kappa shape index (κ2) is 6.23. The highest BCUT2D eigenvalue weighted by Gasteiger charge is 2.34. The summed E-state index contributed by atoms with van der Waals surface area (Å²) in [6.45, 7) is 1.58. The monoisotopic (exact) mass is 318 g/mol. The van der Waals surface area contributed by atoms with Gasteiger partial charge in [-0.25, -0.2) is 0 Å². The number of amides is 1. The maximum atomic E-state index is 12.6. The smallest absolute Gasteiger partial charge is 0.229 e. The molecule has 0 aromatic carbocycles. The number of hydrogen-bond acceptors (Lipinski definition) is 5. The molecule has 1 saturated heterocycles. The van der Waals surface area contributed by atoms with Crippen LogP contribution in [0.25, 0.3) is 0 Å². The lowest BCUT2D eigenvalue weighted by atomic mass is 9.95. The van der Waals surface area contributed by atoms with Crippen molar-refractivity contribution in [1.82, 2.24) is 15.0 Å². The summed E-state index contributed by atoms with van der Waals surface area (Å²) in [5, 5.41) is 4.17. The van der Waals surface area contributed by atoms with Crippen molar-refractivity contribution in [3.8, 4) is 0 Å². The number of likely N-dealkylation sites (tertiary alicyclic amines) is 1. The lowest BCUT2D eigenvalue weighted by Crippen LogP contribution is -2.41. The van der Waals surface area contributed by atoms with Crippen LogP contribution in [-0.2, 0) is 4.79 Å². The van der Waals surface area contributed by atoms with Crippen LogP contribution in [0.1, 0.15) is 74.9 Å². The number of rotatable bonds is 4. The SMILES string of the molecule is N[C@@H]1CCC[C@H]1CC(=O)N1CCCC(c2noc(C3CC3)n2)C1. The minimum absolute atomic E-state index is 0.206. The van der Waals surface area contributed by atoms with Crippen molar-refractivity contribution in [3.63, 3.8) is 0 Å². The van der Waals surface area contributed by atoms with Gasteiger partial charge in [-0.15, -0.1) is 0 Å². The molecule has 4 rings (SSSR count). The summed E-state index contributed by atoms with van der Waals surface area (Å²) in [5.74, 6) is 2.92. The van der Waals surface area contributed by atoms with Gasteiger partial charge in [0.15, 0.2) is 5.82 Å². The molecular weight excluding hydrogens is 292 g/mol. The Bertz CT molecular complexity index is 569. The molecule has 6 heteroatoms. The second-order valence-corrected chi connectivity index (χ2v) is 7.50. The Labute approximate surface area is 136 Å². The fourth-order valence-electron chi connectivity index (χ4n) is 4.00. The van der Waals surface area contributed by atoms with Crippen LogP contribution in [0.5, 0.6) is 0 Å². The van der Waals surface area contributed by atoms with Crippen LogP contribution < -0.4 is 5.73 Å². The minimum Gasteiger partial charge on any atom is -0.342 e. The van der Waals surface area contributed by atoms with Gasteiger partial charge in [0, 0.05) is 37.4 Å². The summed E-state index contributed by atoms with van der Waals surface area (Å²) in [6.07, 6.45) is 8.31. The molecule has 2 aliphatic carbocycles. The van der Waals surface area contributed by atoms with Gasteiger partial charge in [-0.3, -0.25) is 4.79 Å². The Kier molecular flexibility index (Phi) is 4.09. The first-order chi connectivity index (χ1) is 11.2. The molecule has 3 fully saturated rings. The molecule has 126 valence electrons. The van der Waals surface area contributed by atoms with Crippen LogP contribution in [0.15, 0.2) is 4.52 Å². The zero-order chi connectivity index (χ0) is 15.8. The molecule has 0 bridgehead atoms. The van der Waals surface area contributed by atoms with E-state index in [4.69, 9.17) is 10.3 Å². The highest BCUT2D eigenvalue weighted by molar-refractivity contribution is 5.76. The molecule has 2 heterocycles. The molecule has 1 unspecified atom stereocenters. The van der Waals surface area contributed by atoms with Gasteiger partial charge in [0.05, 0.1) is 0 Å². The summed E-state index contributed by atoms with van der Waals surface area (Å²) in [7, 11) is 0. The Morgan fingerprint density at radius 2 is 2.04 bits per heavy atom. The molecule has 2 N–H and O–H groups in total. The molecule has 6 nitrogen and oxygen atoms in total. The van der Waals surface area contributed by atoms with Crippen molar-refractivity contribution in [2.45, 2.75) is 69.2 Å². The van der Waals surface area contributed by atoms with E-state index in [0.717, 1.165) is 56.9 Å². The quantitative estimate of drug-likeness (QED) is 0.919. The van der Waals surface area contributed by atoms with E-state index in [1.165, 1.54) is 12.8 Å². The van der Waals surface area contributed by atoms with Gasteiger partial charge in [0.25, 0.3) is 0 Å². The second-order valence-electron chi connectivity index (χ2n) is 7.50. The minimum atomic E-state index is 0.206. The fraction of sp³-hybridized carbons (Fsp3) is 0.824. The van der Waals surface area contributed by atoms with Crippen molar-refractivity contribution in [1.29, 1.82) is 0 Å². The van der Waals surface area contributed by atoms with Crippen molar-refractivity contribution in [3.05, 3.63) is 11.7 Å². The number of carbonyl (C=O) groups is 1. The zero-order valence-corrected chi connectivity index (χ0v) is 13.6. The third kappa shape index (κ3) is 3.27. The van der Waals surface area contributed by atoms with Crippen LogP contribution >= 0.6 is 0 Å². The van der Waals surface area contributed by atoms with Crippen molar-refractivity contribution in [2.75, 3.05) is 13.1 Å². The Balaban J connectivity index is 1.36. The summed E-state index contributed by atoms with van der Waals surface area (Å²) < 4.78 is 5.38. The first kappa shape index (κ1) is 15.1. The van der Waals surface area contributed by atoms with Crippen LogP contribution in [0.3, 0.4) is 0 Å². The van der Waals surface area contributed by atoms with E-state index in [0.29, 0.717) is 18.3 Å². The molecule has 0 spiro atoms. The summed E-state index contributed by atoms with van der Waals surface area (Å²) >= 11 is 0. The maximum Gasteiger partial charge on any atom is 0.229 e. The van der Waals surface area contributed by atoms with Gasteiger partial charge in [-0.1, -0.05) is 11.6 Å². The number of hydrogen-bond donors (Lipinski definition) is 1. The van der Waals surface area contributed by atoms with Gasteiger partial charge in [0.2, 0.25) is 11.8 Å². The molecule has 2 saturated carbocycles. The molecular formula is C17H26N4O2. The molecule has 3 atom stereocenters. The van der Waals surface area contributed by atoms with Gasteiger partial charge in [-0.05, 0) is 44.4 Å². The molecule has 1 aliphatic heterocycles. The summed E-state index contributed by atoms with van der Waals surface area (Å²) in [5.41, 5.74) is 6.11. The topological polar surface area (TPSA) is 85.3 Å². The standard InChI is InChI=1S/C17H26N4O2/c18-14-5-1-3-12(14)9-15(22)21-8-2-4-13(10-21)16-19-17(23-20-16)11-6-7-11/h11-14H,1-10,18H2/t12-,13?,14+/m0/s1. The van der Waals surface area contributed by atoms with Crippen LogP contribution in [0, 0.1) is 5.92 Å². The van der Waals surface area contributed by atoms with Crippen LogP contribution in [-0.4, -0.2) is 40.1 Å². The van der Waals surface area contributed by atoms with Gasteiger partial charge < -0.3 is 15.2 Å². The highest BCUT2D eigenvalue weighted by atomic mass is 16.5. The van der Waals surface area contributed by atoms with Crippen LogP contribution in [0.2, 0.25) is 0 Å². The van der Waals surface area contributed by atoms with Gasteiger partial charge in [0.1, 0.15) is 0 Å². The van der Waals surface area contributed by atoms with E-state index in [-0.39, 0.29) is 17.9 Å². The average Bonchev–Trinajstić information content (AvgIpc) is 3.16. The number of aromatic nitrogens is 2. The molecule has 1 amide bonds. The summed E-state index contributed by atoms with van der Waals surface area (Å²) in [6, 6.07) is 0.206. The Morgan fingerprint density at radius 3 is 2.78 bits per heavy atom. The largest absolute Gasteiger partial charge is 0.342 e. The first-order valence-electron chi connectivity index (χ1n) is 9.07. The third-order valence-electron chi connectivity index (χ3n) is 5.68. The number of nitrogens with two attached hydrogens (primary N) is 1. The van der Waals surface area contributed by atoms with Crippen molar-refractivity contribution < 1.29 is 9.32 Å². The summed E-state index contributed by atoms with van der Waals surface area (Å²) in [4.78, 5) is 19.2. The number of nitrogens with zero attached hydrogens (tertiary/aromatic N) is 3. The predicted molar refractivity (Wildman–Crippen MR) is 84.8 cm³/mol. The first-order valence-corrected chi connectivity index (χ1v) is 9.07. The van der Waals surface area contributed by atoms with E-state index in [2.05, 4.69) is 10.1 Å². The lowest BCUT2D eigenvalue weighted by molar-refractivity contribution is -0.133. The Morgan fingerprint density at radius 1 is 1.17 bits per heavy atom. The molecule has 3 aliphatic rings. The molecule has 1 aromatic heterocycles. The highest BCUT2D eigenvalue weighted by Crippen LogP contribution is 2.39. The van der Waals surface area contributed by atoms with E-state index in [1.807, 2.05) is 4.90 Å². The molecule has 0 radical (unpaired) electrons. The van der Waals surface area contributed by atoms with E-state index in [9.17, 15) is 4.79 Å². The van der Waals surface area contributed by atoms with E-state index < -0.39 is 0 Å². The lowest BCUT2D eigenvalue weighted by Gasteiger charge is -2.32. The number of piperidine rings is 1. The zero-order valence-electron chi connectivity index (χ0n) is 13.6. The van der Waals surface area contributed by atoms with Gasteiger partial charge >= 0.3 is 0 Å².